The van der Waals surface area contributed by atoms with Crippen LogP contribution < -0.4 is 20.1 Å². The molecule has 24 heavy (non-hydrogen) atoms. The number of ether oxygens (including phenoxy) is 3. The van der Waals surface area contributed by atoms with E-state index in [1.807, 2.05) is 0 Å². The zero-order valence-corrected chi connectivity index (χ0v) is 13.9. The molecule has 0 bridgehead atoms. The number of methoxy groups -OCH3 is 1. The second-order valence-electron chi connectivity index (χ2n) is 5.10. The van der Waals surface area contributed by atoms with Crippen molar-refractivity contribution in [3.8, 4) is 11.5 Å². The lowest BCUT2D eigenvalue weighted by Crippen LogP contribution is -2.29. The lowest BCUT2D eigenvalue weighted by molar-refractivity contribution is -0.286. The molecule has 0 aromatic heterocycles. The Hall–Kier alpha value is -2.16. The number of unbranched alkanes of at least 4 members (excludes halogenated alkanes) is 2. The highest BCUT2D eigenvalue weighted by Crippen LogP contribution is 2.42. The van der Waals surface area contributed by atoms with E-state index in [1.54, 1.807) is 6.07 Å². The number of hydrogen-bond acceptors (Lipinski definition) is 5. The Kier molecular flexibility index (Phi) is 6.13. The van der Waals surface area contributed by atoms with Crippen molar-refractivity contribution in [2.75, 3.05) is 19.0 Å². The van der Waals surface area contributed by atoms with E-state index in [-0.39, 0.29) is 17.5 Å². The molecule has 0 saturated carbocycles. The summed E-state index contributed by atoms with van der Waals surface area (Å²) in [7, 11) is 1.37. The Bertz CT molecular complexity index is 613. The van der Waals surface area contributed by atoms with E-state index in [9.17, 15) is 13.6 Å². The van der Waals surface area contributed by atoms with Crippen LogP contribution >= 0.6 is 12.2 Å². The molecular formula is C15H18F2N2O4S. The number of thiocarbonyl (C=S) groups is 1. The third-order valence-corrected chi connectivity index (χ3v) is 3.48. The van der Waals surface area contributed by atoms with E-state index in [0.29, 0.717) is 23.8 Å². The van der Waals surface area contributed by atoms with Crippen molar-refractivity contribution in [2.45, 2.75) is 32.0 Å². The molecule has 0 spiro atoms. The normalized spacial score (nSPS) is 14.1. The van der Waals surface area contributed by atoms with Gasteiger partial charge in [-0.25, -0.2) is 0 Å². The first-order chi connectivity index (χ1) is 11.4. The van der Waals surface area contributed by atoms with E-state index < -0.39 is 6.29 Å². The minimum absolute atomic E-state index is 0.0185. The van der Waals surface area contributed by atoms with Gasteiger partial charge in [0.25, 0.3) is 0 Å². The van der Waals surface area contributed by atoms with Gasteiger partial charge in [-0.15, -0.1) is 8.78 Å². The second-order valence-corrected chi connectivity index (χ2v) is 5.50. The summed E-state index contributed by atoms with van der Waals surface area (Å²) in [5.74, 6) is -0.279. The summed E-state index contributed by atoms with van der Waals surface area (Å²) in [6.07, 6.45) is -0.772. The minimum Gasteiger partial charge on any atom is -0.469 e. The van der Waals surface area contributed by atoms with Gasteiger partial charge >= 0.3 is 12.3 Å². The van der Waals surface area contributed by atoms with E-state index in [4.69, 9.17) is 12.2 Å². The molecule has 0 saturated heterocycles. The molecule has 0 aliphatic carbocycles. The molecule has 1 heterocycles. The molecule has 0 radical (unpaired) electrons. The molecular weight excluding hydrogens is 342 g/mol. The number of hydrogen-bond donors (Lipinski definition) is 2. The number of carbonyl (C=O) groups excluding carboxylic acids is 1. The van der Waals surface area contributed by atoms with Gasteiger partial charge in [-0.2, -0.15) is 0 Å². The van der Waals surface area contributed by atoms with Gasteiger partial charge in [0.2, 0.25) is 0 Å². The van der Waals surface area contributed by atoms with Crippen LogP contribution in [0.4, 0.5) is 14.5 Å². The molecule has 2 N–H and O–H groups in total. The summed E-state index contributed by atoms with van der Waals surface area (Å²) >= 11 is 5.13. The highest BCUT2D eigenvalue weighted by atomic mass is 32.1. The minimum atomic E-state index is -3.64. The van der Waals surface area contributed by atoms with E-state index in [0.717, 1.165) is 19.3 Å². The van der Waals surface area contributed by atoms with Crippen molar-refractivity contribution in [1.29, 1.82) is 0 Å². The fourth-order valence-corrected chi connectivity index (χ4v) is 2.30. The van der Waals surface area contributed by atoms with E-state index in [1.165, 1.54) is 19.2 Å². The quantitative estimate of drug-likeness (QED) is 0.440. The SMILES string of the molecule is COC(=O)CCCCCNC(=S)Nc1ccc2c(c1)OC(F)(F)O2. The Morgan fingerprint density at radius 3 is 2.75 bits per heavy atom. The van der Waals surface area contributed by atoms with Crippen LogP contribution in [0.5, 0.6) is 11.5 Å². The predicted molar refractivity (Wildman–Crippen MR) is 87.4 cm³/mol. The average molecular weight is 360 g/mol. The maximum absolute atomic E-state index is 12.9. The smallest absolute Gasteiger partial charge is 0.469 e. The van der Waals surface area contributed by atoms with Gasteiger partial charge in [0, 0.05) is 24.7 Å². The van der Waals surface area contributed by atoms with Gasteiger partial charge in [0.05, 0.1) is 7.11 Å². The number of nitrogens with one attached hydrogen (secondary N) is 2. The lowest BCUT2D eigenvalue weighted by Gasteiger charge is -2.10. The van der Waals surface area contributed by atoms with Gasteiger partial charge in [-0.05, 0) is 37.2 Å². The third-order valence-electron chi connectivity index (χ3n) is 3.23. The Morgan fingerprint density at radius 2 is 2.00 bits per heavy atom. The van der Waals surface area contributed by atoms with E-state index >= 15 is 0 Å². The Balaban J connectivity index is 1.67. The molecule has 0 atom stereocenters. The molecule has 9 heteroatoms. The molecule has 132 valence electrons. The monoisotopic (exact) mass is 360 g/mol. The number of fused-ring (bicyclic) bond motifs is 1. The summed E-state index contributed by atoms with van der Waals surface area (Å²) in [5, 5.41) is 6.25. The van der Waals surface area contributed by atoms with Crippen molar-refractivity contribution < 1.29 is 27.8 Å². The third kappa shape index (κ3) is 5.48. The molecule has 6 nitrogen and oxygen atoms in total. The number of carbonyl (C=O) groups is 1. The fraction of sp³-hybridized carbons (Fsp3) is 0.467. The molecule has 0 amide bonds. The highest BCUT2D eigenvalue weighted by molar-refractivity contribution is 7.80. The summed E-state index contributed by atoms with van der Waals surface area (Å²) in [5.41, 5.74) is 0.512. The molecule has 1 aliphatic rings. The van der Waals surface area contributed by atoms with Crippen LogP contribution in [0.25, 0.3) is 0 Å². The lowest BCUT2D eigenvalue weighted by atomic mass is 10.2. The summed E-state index contributed by atoms with van der Waals surface area (Å²) in [6.45, 7) is 0.635. The fourth-order valence-electron chi connectivity index (χ4n) is 2.08. The first-order valence-electron chi connectivity index (χ1n) is 7.41. The van der Waals surface area contributed by atoms with Crippen LogP contribution in [0.15, 0.2) is 18.2 Å². The average Bonchev–Trinajstić information content (AvgIpc) is 2.83. The van der Waals surface area contributed by atoms with Crippen molar-refractivity contribution >= 4 is 29.0 Å². The maximum atomic E-state index is 12.9. The Morgan fingerprint density at radius 1 is 1.25 bits per heavy atom. The van der Waals surface area contributed by atoms with Crippen LogP contribution in [0.3, 0.4) is 0 Å². The first-order valence-corrected chi connectivity index (χ1v) is 7.82. The van der Waals surface area contributed by atoms with Crippen LogP contribution in [0.2, 0.25) is 0 Å². The summed E-state index contributed by atoms with van der Waals surface area (Å²) in [4.78, 5) is 10.9. The topological polar surface area (TPSA) is 68.8 Å². The van der Waals surface area contributed by atoms with Crippen LogP contribution in [-0.4, -0.2) is 31.0 Å². The van der Waals surface area contributed by atoms with Crippen molar-refractivity contribution in [3.63, 3.8) is 0 Å². The second kappa shape index (κ2) is 8.09. The van der Waals surface area contributed by atoms with Gasteiger partial charge in [0.1, 0.15) is 0 Å². The van der Waals surface area contributed by atoms with Crippen LogP contribution in [-0.2, 0) is 9.53 Å². The van der Waals surface area contributed by atoms with Crippen LogP contribution in [0.1, 0.15) is 25.7 Å². The molecule has 0 fully saturated rings. The largest absolute Gasteiger partial charge is 0.586 e. The first kappa shape index (κ1) is 18.2. The Labute approximate surface area is 143 Å². The van der Waals surface area contributed by atoms with Crippen molar-refractivity contribution in [2.24, 2.45) is 0 Å². The number of benzene rings is 1. The zero-order chi connectivity index (χ0) is 17.6. The highest BCUT2D eigenvalue weighted by Gasteiger charge is 2.43. The van der Waals surface area contributed by atoms with Crippen molar-refractivity contribution in [3.05, 3.63) is 18.2 Å². The maximum Gasteiger partial charge on any atom is 0.586 e. The van der Waals surface area contributed by atoms with E-state index in [2.05, 4.69) is 24.8 Å². The molecule has 1 aromatic rings. The molecule has 1 aliphatic heterocycles. The van der Waals surface area contributed by atoms with Gasteiger partial charge in [0.15, 0.2) is 16.6 Å². The van der Waals surface area contributed by atoms with Crippen LogP contribution in [0, 0.1) is 0 Å². The number of esters is 1. The van der Waals surface area contributed by atoms with Gasteiger partial charge in [-0.3, -0.25) is 4.79 Å². The number of halogens is 2. The number of rotatable bonds is 7. The summed E-state index contributed by atoms with van der Waals surface area (Å²) < 4.78 is 39.1. The van der Waals surface area contributed by atoms with Gasteiger partial charge in [-0.1, -0.05) is 6.42 Å². The zero-order valence-electron chi connectivity index (χ0n) is 13.1. The summed E-state index contributed by atoms with van der Waals surface area (Å²) in [6, 6.07) is 4.34. The van der Waals surface area contributed by atoms with Crippen molar-refractivity contribution in [1.82, 2.24) is 5.32 Å². The molecule has 2 rings (SSSR count). The predicted octanol–water partition coefficient (Wildman–Crippen LogP) is 3.03. The molecule has 1 aromatic carbocycles. The number of alkyl halides is 2. The number of anilines is 1. The van der Waals surface area contributed by atoms with Gasteiger partial charge < -0.3 is 24.8 Å². The molecule has 0 unspecified atom stereocenters. The standard InChI is InChI=1S/C15H18F2N2O4S/c1-21-13(20)5-3-2-4-8-18-14(24)19-10-6-7-11-12(9-10)23-15(16,17)22-11/h6-7,9H,2-5,8H2,1H3,(H2,18,19,24).